The molecule has 0 bridgehead atoms. The fourth-order valence-electron chi connectivity index (χ4n) is 1.92. The minimum Gasteiger partial charge on any atom is -0.379 e. The molecule has 0 spiro atoms. The second kappa shape index (κ2) is 11.0. The fraction of sp³-hybridized carbons (Fsp3) is 0.400. The number of aryl methyl sites for hydroxylation is 2. The van der Waals surface area contributed by atoms with E-state index >= 15 is 0 Å². The Bertz CT molecular complexity index is 485. The van der Waals surface area contributed by atoms with Crippen molar-refractivity contribution in [3.63, 3.8) is 0 Å². The van der Waals surface area contributed by atoms with Crippen LogP contribution in [0, 0.1) is 13.8 Å². The molecule has 0 amide bonds. The first-order chi connectivity index (χ1) is 10.1. The van der Waals surface area contributed by atoms with Gasteiger partial charge in [-0.2, -0.15) is 0 Å². The van der Waals surface area contributed by atoms with Crippen molar-refractivity contribution >= 4 is 5.69 Å². The molecule has 2 rings (SSSR count). The molecular weight excluding hydrogens is 254 g/mol. The molecule has 1 unspecified atom stereocenters. The summed E-state index contributed by atoms with van der Waals surface area (Å²) in [7, 11) is 0. The average molecular weight is 285 g/mol. The second-order valence-electron chi connectivity index (χ2n) is 4.65. The van der Waals surface area contributed by atoms with Crippen LogP contribution in [-0.4, -0.2) is 0 Å². The number of hydrogen-bond acceptors (Lipinski definition) is 1. The lowest BCUT2D eigenvalue weighted by molar-refractivity contribution is 0.883. The van der Waals surface area contributed by atoms with Gasteiger partial charge in [-0.05, 0) is 38.5 Å². The monoisotopic (exact) mass is 285 g/mol. The molecule has 1 nitrogen and oxygen atoms in total. The first-order valence-electron chi connectivity index (χ1n) is 8.05. The summed E-state index contributed by atoms with van der Waals surface area (Å²) in [6.45, 7) is 14.4. The smallest absolute Gasteiger partial charge is 0.0485 e. The van der Waals surface area contributed by atoms with Gasteiger partial charge >= 0.3 is 0 Å². The Labute approximate surface area is 131 Å². The summed E-state index contributed by atoms with van der Waals surface area (Å²) in [5.41, 5.74) is 5.09. The van der Waals surface area contributed by atoms with Gasteiger partial charge in [0.05, 0.1) is 0 Å². The molecule has 0 aromatic heterocycles. The van der Waals surface area contributed by atoms with Gasteiger partial charge < -0.3 is 5.32 Å². The van der Waals surface area contributed by atoms with Crippen LogP contribution in [0.5, 0.6) is 0 Å². The third-order valence-electron chi connectivity index (χ3n) is 2.98. The van der Waals surface area contributed by atoms with Crippen molar-refractivity contribution in [1.82, 2.24) is 0 Å². The van der Waals surface area contributed by atoms with Crippen LogP contribution in [0.1, 0.15) is 57.4 Å². The van der Waals surface area contributed by atoms with E-state index in [2.05, 4.69) is 74.6 Å². The van der Waals surface area contributed by atoms with E-state index in [4.69, 9.17) is 0 Å². The molecular formula is C20H31N. The summed E-state index contributed by atoms with van der Waals surface area (Å²) in [6, 6.07) is 17.5. The zero-order chi connectivity index (χ0) is 16.3. The van der Waals surface area contributed by atoms with Crippen molar-refractivity contribution in [2.45, 2.75) is 54.5 Å². The van der Waals surface area contributed by atoms with Gasteiger partial charge in [0, 0.05) is 11.7 Å². The lowest BCUT2D eigenvalue weighted by Gasteiger charge is -2.16. The van der Waals surface area contributed by atoms with Gasteiger partial charge in [-0.3, -0.25) is 0 Å². The van der Waals surface area contributed by atoms with Crippen LogP contribution in [0.25, 0.3) is 0 Å². The second-order valence-corrected chi connectivity index (χ2v) is 4.65. The minimum atomic E-state index is 0.331. The predicted octanol–water partition coefficient (Wildman–Crippen LogP) is 6.53. The van der Waals surface area contributed by atoms with Gasteiger partial charge in [-0.25, -0.2) is 0 Å². The van der Waals surface area contributed by atoms with E-state index < -0.39 is 0 Å². The maximum atomic E-state index is 3.51. The maximum Gasteiger partial charge on any atom is 0.0485 e. The zero-order valence-electron chi connectivity index (χ0n) is 14.7. The molecule has 0 fully saturated rings. The fourth-order valence-corrected chi connectivity index (χ4v) is 1.92. The SMILES string of the molecule is CC.CC.Cc1ccc(NC(C)c2cccc(C)c2)cc1. The number of benzene rings is 2. The summed E-state index contributed by atoms with van der Waals surface area (Å²) >= 11 is 0. The van der Waals surface area contributed by atoms with Crippen LogP contribution in [0.3, 0.4) is 0 Å². The molecule has 0 aliphatic carbocycles. The van der Waals surface area contributed by atoms with Crippen molar-refractivity contribution in [1.29, 1.82) is 0 Å². The van der Waals surface area contributed by atoms with Gasteiger partial charge in [0.15, 0.2) is 0 Å². The lowest BCUT2D eigenvalue weighted by atomic mass is 10.1. The molecule has 1 N–H and O–H groups in total. The van der Waals surface area contributed by atoms with E-state index in [1.165, 1.54) is 22.4 Å². The molecule has 0 saturated carbocycles. The third kappa shape index (κ3) is 6.99. The largest absolute Gasteiger partial charge is 0.379 e. The summed E-state index contributed by atoms with van der Waals surface area (Å²) < 4.78 is 0. The van der Waals surface area contributed by atoms with Crippen molar-refractivity contribution in [2.75, 3.05) is 5.32 Å². The first kappa shape index (κ1) is 19.2. The molecule has 0 aliphatic rings. The number of anilines is 1. The van der Waals surface area contributed by atoms with Gasteiger partial charge in [-0.1, -0.05) is 75.2 Å². The number of rotatable bonds is 3. The van der Waals surface area contributed by atoms with Crippen molar-refractivity contribution in [3.05, 3.63) is 65.2 Å². The predicted molar refractivity (Wildman–Crippen MR) is 97.1 cm³/mol. The molecule has 21 heavy (non-hydrogen) atoms. The molecule has 116 valence electrons. The van der Waals surface area contributed by atoms with Crippen LogP contribution in [-0.2, 0) is 0 Å². The standard InChI is InChI=1S/C16H19N.2C2H6/c1-12-7-9-16(10-8-12)17-14(3)15-6-4-5-13(2)11-15;2*1-2/h4-11,14,17H,1-3H3;2*1-2H3. The van der Waals surface area contributed by atoms with Crippen molar-refractivity contribution in [2.24, 2.45) is 0 Å². The zero-order valence-corrected chi connectivity index (χ0v) is 14.7. The first-order valence-corrected chi connectivity index (χ1v) is 8.05. The highest BCUT2D eigenvalue weighted by atomic mass is 14.9. The Morgan fingerprint density at radius 1 is 0.762 bits per heavy atom. The van der Waals surface area contributed by atoms with E-state index in [1.54, 1.807) is 0 Å². The number of hydrogen-bond donors (Lipinski definition) is 1. The molecule has 0 heterocycles. The summed E-state index contributed by atoms with van der Waals surface area (Å²) in [5.74, 6) is 0. The van der Waals surface area contributed by atoms with Gasteiger partial charge in [0.25, 0.3) is 0 Å². The molecule has 0 saturated heterocycles. The highest BCUT2D eigenvalue weighted by Gasteiger charge is 2.04. The quantitative estimate of drug-likeness (QED) is 0.676. The summed E-state index contributed by atoms with van der Waals surface area (Å²) in [4.78, 5) is 0. The van der Waals surface area contributed by atoms with E-state index in [-0.39, 0.29) is 0 Å². The van der Waals surface area contributed by atoms with E-state index in [0.717, 1.165) is 0 Å². The molecule has 0 aliphatic heterocycles. The normalized spacial score (nSPS) is 10.4. The Morgan fingerprint density at radius 2 is 1.33 bits per heavy atom. The number of nitrogens with one attached hydrogen (secondary N) is 1. The highest BCUT2D eigenvalue weighted by Crippen LogP contribution is 2.20. The average Bonchev–Trinajstić information content (AvgIpc) is 2.53. The lowest BCUT2D eigenvalue weighted by Crippen LogP contribution is -2.06. The Morgan fingerprint density at radius 3 is 1.86 bits per heavy atom. The molecule has 2 aromatic rings. The van der Waals surface area contributed by atoms with Gasteiger partial charge in [-0.15, -0.1) is 0 Å². The van der Waals surface area contributed by atoms with Crippen LogP contribution < -0.4 is 5.32 Å². The van der Waals surface area contributed by atoms with Crippen molar-refractivity contribution < 1.29 is 0 Å². The van der Waals surface area contributed by atoms with Crippen LogP contribution in [0.2, 0.25) is 0 Å². The third-order valence-corrected chi connectivity index (χ3v) is 2.98. The van der Waals surface area contributed by atoms with Crippen LogP contribution >= 0.6 is 0 Å². The summed E-state index contributed by atoms with van der Waals surface area (Å²) in [6.07, 6.45) is 0. The Hall–Kier alpha value is -1.76. The molecule has 1 heteroatoms. The molecule has 1 atom stereocenters. The minimum absolute atomic E-state index is 0.331. The Balaban J connectivity index is 0.000000921. The topological polar surface area (TPSA) is 12.0 Å². The molecule has 0 radical (unpaired) electrons. The van der Waals surface area contributed by atoms with Crippen LogP contribution in [0.15, 0.2) is 48.5 Å². The Kier molecular flexibility index (Phi) is 10.0. The van der Waals surface area contributed by atoms with E-state index in [1.807, 2.05) is 27.7 Å². The van der Waals surface area contributed by atoms with E-state index in [9.17, 15) is 0 Å². The summed E-state index contributed by atoms with van der Waals surface area (Å²) in [5, 5.41) is 3.51. The van der Waals surface area contributed by atoms with Gasteiger partial charge in [0.2, 0.25) is 0 Å². The highest BCUT2D eigenvalue weighted by molar-refractivity contribution is 5.46. The molecule has 2 aromatic carbocycles. The maximum absolute atomic E-state index is 3.51. The van der Waals surface area contributed by atoms with E-state index in [0.29, 0.717) is 6.04 Å². The van der Waals surface area contributed by atoms with Crippen molar-refractivity contribution in [3.8, 4) is 0 Å². The van der Waals surface area contributed by atoms with Crippen LogP contribution in [0.4, 0.5) is 5.69 Å². The van der Waals surface area contributed by atoms with Gasteiger partial charge in [0.1, 0.15) is 0 Å².